The van der Waals surface area contributed by atoms with Gasteiger partial charge in [-0.25, -0.2) is 0 Å². The molecule has 0 spiro atoms. The van der Waals surface area contributed by atoms with Crippen LogP contribution in [0.3, 0.4) is 0 Å². The average Bonchev–Trinajstić information content (AvgIpc) is 2.38. The van der Waals surface area contributed by atoms with Crippen LogP contribution in [0.1, 0.15) is 28.8 Å². The molecule has 2 rings (SSSR count). The molecule has 1 atom stereocenters. The van der Waals surface area contributed by atoms with E-state index in [4.69, 9.17) is 4.74 Å². The molecule has 1 fully saturated rings. The summed E-state index contributed by atoms with van der Waals surface area (Å²) < 4.78 is 5.31. The first-order valence-electron chi connectivity index (χ1n) is 6.25. The van der Waals surface area contributed by atoms with E-state index in [-0.39, 0.29) is 6.10 Å². The SMILES string of the molecule is COc1ccc(C=O)cc1CN1CCCC(O)C1. The summed E-state index contributed by atoms with van der Waals surface area (Å²) in [5.41, 5.74) is 1.65. The fraction of sp³-hybridized carbons (Fsp3) is 0.500. The van der Waals surface area contributed by atoms with Gasteiger partial charge in [-0.05, 0) is 37.6 Å². The molecule has 18 heavy (non-hydrogen) atoms. The number of piperidine rings is 1. The van der Waals surface area contributed by atoms with Crippen LogP contribution in [-0.2, 0) is 6.54 Å². The zero-order valence-corrected chi connectivity index (χ0v) is 10.6. The highest BCUT2D eigenvalue weighted by molar-refractivity contribution is 5.75. The van der Waals surface area contributed by atoms with Gasteiger partial charge in [0.1, 0.15) is 12.0 Å². The second-order valence-electron chi connectivity index (χ2n) is 4.72. The molecule has 1 heterocycles. The number of aliphatic hydroxyl groups is 1. The van der Waals surface area contributed by atoms with Crippen molar-refractivity contribution in [1.29, 1.82) is 0 Å². The average molecular weight is 249 g/mol. The van der Waals surface area contributed by atoms with Gasteiger partial charge in [0.05, 0.1) is 13.2 Å². The minimum Gasteiger partial charge on any atom is -0.496 e. The van der Waals surface area contributed by atoms with Crippen LogP contribution in [0.2, 0.25) is 0 Å². The van der Waals surface area contributed by atoms with Crippen molar-refractivity contribution in [1.82, 2.24) is 4.90 Å². The fourth-order valence-electron chi connectivity index (χ4n) is 2.41. The van der Waals surface area contributed by atoms with Crippen LogP contribution < -0.4 is 4.74 Å². The number of ether oxygens (including phenoxy) is 1. The molecule has 1 unspecified atom stereocenters. The zero-order chi connectivity index (χ0) is 13.0. The van der Waals surface area contributed by atoms with Gasteiger partial charge in [-0.3, -0.25) is 9.69 Å². The second kappa shape index (κ2) is 5.98. The fourth-order valence-corrected chi connectivity index (χ4v) is 2.41. The Morgan fingerprint density at radius 2 is 2.39 bits per heavy atom. The Bertz CT molecular complexity index is 420. The number of methoxy groups -OCH3 is 1. The van der Waals surface area contributed by atoms with Crippen molar-refractivity contribution in [3.05, 3.63) is 29.3 Å². The number of carbonyl (C=O) groups is 1. The van der Waals surface area contributed by atoms with Crippen LogP contribution in [0.4, 0.5) is 0 Å². The lowest BCUT2D eigenvalue weighted by Crippen LogP contribution is -2.37. The second-order valence-corrected chi connectivity index (χ2v) is 4.72. The lowest BCUT2D eigenvalue weighted by Gasteiger charge is -2.30. The first-order chi connectivity index (χ1) is 8.72. The van der Waals surface area contributed by atoms with Crippen molar-refractivity contribution in [2.24, 2.45) is 0 Å². The Labute approximate surface area is 107 Å². The summed E-state index contributed by atoms with van der Waals surface area (Å²) in [5, 5.41) is 9.66. The molecule has 1 N–H and O–H groups in total. The molecule has 0 radical (unpaired) electrons. The van der Waals surface area contributed by atoms with Crippen molar-refractivity contribution in [3.8, 4) is 5.75 Å². The van der Waals surface area contributed by atoms with Crippen molar-refractivity contribution in [2.45, 2.75) is 25.5 Å². The molecule has 0 bridgehead atoms. The molecular formula is C14H19NO3. The van der Waals surface area contributed by atoms with Crippen LogP contribution >= 0.6 is 0 Å². The number of likely N-dealkylation sites (tertiary alicyclic amines) is 1. The molecular weight excluding hydrogens is 230 g/mol. The molecule has 0 aromatic heterocycles. The third-order valence-corrected chi connectivity index (χ3v) is 3.32. The van der Waals surface area contributed by atoms with Gasteiger partial charge < -0.3 is 9.84 Å². The number of nitrogens with zero attached hydrogens (tertiary/aromatic N) is 1. The summed E-state index contributed by atoms with van der Waals surface area (Å²) in [4.78, 5) is 13.0. The molecule has 1 aliphatic heterocycles. The minimum atomic E-state index is -0.237. The first-order valence-corrected chi connectivity index (χ1v) is 6.25. The normalized spacial score (nSPS) is 20.7. The molecule has 0 amide bonds. The highest BCUT2D eigenvalue weighted by Crippen LogP contribution is 2.22. The Hall–Kier alpha value is -1.39. The third-order valence-electron chi connectivity index (χ3n) is 3.32. The van der Waals surface area contributed by atoms with E-state index in [1.165, 1.54) is 0 Å². The van der Waals surface area contributed by atoms with E-state index in [1.807, 2.05) is 12.1 Å². The Morgan fingerprint density at radius 3 is 3.06 bits per heavy atom. The highest BCUT2D eigenvalue weighted by atomic mass is 16.5. The van der Waals surface area contributed by atoms with Gasteiger partial charge in [0.15, 0.2) is 0 Å². The molecule has 1 aromatic rings. The number of hydrogen-bond donors (Lipinski definition) is 1. The summed E-state index contributed by atoms with van der Waals surface area (Å²) in [6.45, 7) is 2.38. The molecule has 4 heteroatoms. The maximum absolute atomic E-state index is 10.8. The van der Waals surface area contributed by atoms with Gasteiger partial charge >= 0.3 is 0 Å². The van der Waals surface area contributed by atoms with E-state index in [2.05, 4.69) is 4.90 Å². The van der Waals surface area contributed by atoms with Crippen molar-refractivity contribution in [3.63, 3.8) is 0 Å². The van der Waals surface area contributed by atoms with Crippen LogP contribution in [0.5, 0.6) is 5.75 Å². The maximum Gasteiger partial charge on any atom is 0.150 e. The molecule has 1 aromatic carbocycles. The Kier molecular flexibility index (Phi) is 4.33. The third kappa shape index (κ3) is 3.09. The molecule has 4 nitrogen and oxygen atoms in total. The molecule has 1 aliphatic rings. The maximum atomic E-state index is 10.8. The quantitative estimate of drug-likeness (QED) is 0.821. The van der Waals surface area contributed by atoms with E-state index >= 15 is 0 Å². The summed E-state index contributed by atoms with van der Waals surface area (Å²) in [6.07, 6.45) is 2.49. The van der Waals surface area contributed by atoms with Crippen LogP contribution in [0.25, 0.3) is 0 Å². The van der Waals surface area contributed by atoms with Crippen molar-refractivity contribution in [2.75, 3.05) is 20.2 Å². The lowest BCUT2D eigenvalue weighted by molar-refractivity contribution is 0.0664. The highest BCUT2D eigenvalue weighted by Gasteiger charge is 2.18. The number of aldehydes is 1. The predicted octanol–water partition coefficient (Wildman–Crippen LogP) is 1.46. The predicted molar refractivity (Wildman–Crippen MR) is 68.9 cm³/mol. The Balaban J connectivity index is 2.13. The summed E-state index contributed by atoms with van der Waals surface area (Å²) >= 11 is 0. The topological polar surface area (TPSA) is 49.8 Å². The van der Waals surface area contributed by atoms with Gasteiger partial charge in [-0.2, -0.15) is 0 Å². The number of benzene rings is 1. The summed E-state index contributed by atoms with van der Waals surface area (Å²) in [5.74, 6) is 0.792. The minimum absolute atomic E-state index is 0.237. The number of rotatable bonds is 4. The van der Waals surface area contributed by atoms with E-state index in [0.717, 1.165) is 37.0 Å². The standard InChI is InChI=1S/C14H19NO3/c1-18-14-5-4-11(10-16)7-12(14)8-15-6-2-3-13(17)9-15/h4-5,7,10,13,17H,2-3,6,8-9H2,1H3. The largest absolute Gasteiger partial charge is 0.496 e. The van der Waals surface area contributed by atoms with Gasteiger partial charge in [0.25, 0.3) is 0 Å². The van der Waals surface area contributed by atoms with Gasteiger partial charge in [0.2, 0.25) is 0 Å². The molecule has 0 aliphatic carbocycles. The number of hydrogen-bond acceptors (Lipinski definition) is 4. The smallest absolute Gasteiger partial charge is 0.150 e. The summed E-state index contributed by atoms with van der Waals surface area (Å²) in [6, 6.07) is 5.42. The summed E-state index contributed by atoms with van der Waals surface area (Å²) in [7, 11) is 1.63. The number of β-amino-alcohol motifs (C(OH)–C–C–N with tert-alkyl or cyclic N) is 1. The van der Waals surface area contributed by atoms with Gasteiger partial charge in [-0.1, -0.05) is 0 Å². The molecule has 1 saturated heterocycles. The number of aliphatic hydroxyl groups excluding tert-OH is 1. The first kappa shape index (κ1) is 13.1. The lowest BCUT2D eigenvalue weighted by atomic mass is 10.1. The van der Waals surface area contributed by atoms with E-state index in [1.54, 1.807) is 13.2 Å². The number of carbonyl (C=O) groups excluding carboxylic acids is 1. The molecule has 98 valence electrons. The van der Waals surface area contributed by atoms with Crippen molar-refractivity contribution >= 4 is 6.29 Å². The zero-order valence-electron chi connectivity index (χ0n) is 10.6. The van der Waals surface area contributed by atoms with E-state index < -0.39 is 0 Å². The van der Waals surface area contributed by atoms with E-state index in [0.29, 0.717) is 18.7 Å². The van der Waals surface area contributed by atoms with Gasteiger partial charge in [0, 0.05) is 24.2 Å². The molecule has 0 saturated carbocycles. The van der Waals surface area contributed by atoms with E-state index in [9.17, 15) is 9.90 Å². The van der Waals surface area contributed by atoms with Crippen LogP contribution in [0.15, 0.2) is 18.2 Å². The van der Waals surface area contributed by atoms with Crippen LogP contribution in [-0.4, -0.2) is 42.6 Å². The van der Waals surface area contributed by atoms with Crippen LogP contribution in [0, 0.1) is 0 Å². The van der Waals surface area contributed by atoms with Gasteiger partial charge in [-0.15, -0.1) is 0 Å². The monoisotopic (exact) mass is 249 g/mol. The van der Waals surface area contributed by atoms with Crippen molar-refractivity contribution < 1.29 is 14.6 Å². The Morgan fingerprint density at radius 1 is 1.56 bits per heavy atom.